The second-order valence-corrected chi connectivity index (χ2v) is 6.11. The van der Waals surface area contributed by atoms with Crippen molar-refractivity contribution in [1.29, 1.82) is 0 Å². The predicted molar refractivity (Wildman–Crippen MR) is 99.3 cm³/mol. The van der Waals surface area contributed by atoms with E-state index in [0.29, 0.717) is 0 Å². The molecule has 2 N–H and O–H groups in total. The maximum Gasteiger partial charge on any atom is 0.416 e. The van der Waals surface area contributed by atoms with Crippen molar-refractivity contribution in [2.75, 3.05) is 25.5 Å². The molecular weight excluding hydrogens is 417 g/mol. The Morgan fingerprint density at radius 3 is 2.66 bits per heavy atom. The Labute approximate surface area is 168 Å². The number of aromatic nitrogens is 1. The van der Waals surface area contributed by atoms with Crippen LogP contribution in [0.15, 0.2) is 30.3 Å². The molecule has 1 aromatic heterocycles. The zero-order chi connectivity index (χ0) is 21.6. The molecule has 0 spiro atoms. The van der Waals surface area contributed by atoms with E-state index in [9.17, 15) is 28.1 Å². The molecule has 0 bridgehead atoms. The van der Waals surface area contributed by atoms with Crippen LogP contribution in [0.4, 0.5) is 24.7 Å². The molecule has 0 aliphatic rings. The van der Waals surface area contributed by atoms with Crippen LogP contribution in [0.1, 0.15) is 22.3 Å². The molecule has 12 heteroatoms. The van der Waals surface area contributed by atoms with Crippen LogP contribution in [-0.2, 0) is 6.18 Å². The first-order valence-corrected chi connectivity index (χ1v) is 8.61. The fourth-order valence-electron chi connectivity index (χ4n) is 2.22. The minimum Gasteiger partial charge on any atom is -0.478 e. The van der Waals surface area contributed by atoms with Gasteiger partial charge in [0.1, 0.15) is 5.82 Å². The molecule has 29 heavy (non-hydrogen) atoms. The van der Waals surface area contributed by atoms with Crippen LogP contribution < -0.4 is 15.4 Å². The highest BCUT2D eigenvalue weighted by Gasteiger charge is 2.31. The van der Waals surface area contributed by atoms with Crippen molar-refractivity contribution in [2.45, 2.75) is 12.6 Å². The number of rotatable bonds is 8. The summed E-state index contributed by atoms with van der Waals surface area (Å²) in [6.07, 6.45) is -4.29. The maximum atomic E-state index is 12.9. The number of nitro benzene ring substituents is 1. The summed E-state index contributed by atoms with van der Waals surface area (Å²) in [6.45, 7) is 0.0934. The van der Waals surface area contributed by atoms with Crippen molar-refractivity contribution in [1.82, 2.24) is 10.3 Å². The van der Waals surface area contributed by atoms with Gasteiger partial charge in [0.15, 0.2) is 0 Å². The highest BCUT2D eigenvalue weighted by molar-refractivity contribution is 6.33. The molecule has 1 amide bonds. The number of carbonyl (C=O) groups is 1. The van der Waals surface area contributed by atoms with Crippen molar-refractivity contribution in [3.8, 4) is 5.88 Å². The van der Waals surface area contributed by atoms with Crippen molar-refractivity contribution in [3.63, 3.8) is 0 Å². The van der Waals surface area contributed by atoms with Gasteiger partial charge < -0.3 is 15.4 Å². The molecule has 0 aliphatic carbocycles. The number of anilines is 1. The Morgan fingerprint density at radius 2 is 2.03 bits per heavy atom. The summed E-state index contributed by atoms with van der Waals surface area (Å²) in [5.74, 6) is -0.825. The highest BCUT2D eigenvalue weighted by Crippen LogP contribution is 2.32. The van der Waals surface area contributed by atoms with Crippen molar-refractivity contribution < 1.29 is 27.6 Å². The molecule has 0 saturated heterocycles. The van der Waals surface area contributed by atoms with Crippen LogP contribution in [0.5, 0.6) is 5.88 Å². The second kappa shape index (κ2) is 9.41. The summed E-state index contributed by atoms with van der Waals surface area (Å²) in [5, 5.41) is 15.9. The van der Waals surface area contributed by atoms with Gasteiger partial charge in [-0.25, -0.2) is 0 Å². The van der Waals surface area contributed by atoms with Gasteiger partial charge in [0.05, 0.1) is 27.7 Å². The van der Waals surface area contributed by atoms with Crippen molar-refractivity contribution >= 4 is 29.0 Å². The lowest BCUT2D eigenvalue weighted by molar-refractivity contribution is -0.384. The molecule has 0 aliphatic heterocycles. The zero-order valence-corrected chi connectivity index (χ0v) is 15.8. The molecule has 156 valence electrons. The molecule has 0 fully saturated rings. The summed E-state index contributed by atoms with van der Waals surface area (Å²) in [5.41, 5.74) is -1.24. The highest BCUT2D eigenvalue weighted by atomic mass is 35.5. The summed E-state index contributed by atoms with van der Waals surface area (Å²) < 4.78 is 43.9. The molecule has 2 aromatic rings. The normalized spacial score (nSPS) is 11.1. The van der Waals surface area contributed by atoms with E-state index in [1.807, 2.05) is 0 Å². The predicted octanol–water partition coefficient (Wildman–Crippen LogP) is 3.90. The van der Waals surface area contributed by atoms with Gasteiger partial charge in [-0.2, -0.15) is 18.2 Å². The average molecular weight is 433 g/mol. The number of alkyl halides is 3. The Balaban J connectivity index is 1.90. The van der Waals surface area contributed by atoms with Crippen molar-refractivity contribution in [3.05, 3.63) is 56.6 Å². The number of carbonyl (C=O) groups excluding carboxylic acids is 1. The van der Waals surface area contributed by atoms with Gasteiger partial charge in [-0.15, -0.1) is 0 Å². The van der Waals surface area contributed by atoms with Gasteiger partial charge in [0.25, 0.3) is 11.6 Å². The minimum atomic E-state index is -4.54. The summed E-state index contributed by atoms with van der Waals surface area (Å²) >= 11 is 5.88. The summed E-state index contributed by atoms with van der Waals surface area (Å²) in [4.78, 5) is 26.1. The van der Waals surface area contributed by atoms with E-state index in [0.717, 1.165) is 18.2 Å². The van der Waals surface area contributed by atoms with Gasteiger partial charge in [-0.1, -0.05) is 11.6 Å². The van der Waals surface area contributed by atoms with E-state index in [1.165, 1.54) is 19.2 Å². The number of ether oxygens (including phenoxy) is 1. The molecule has 1 aromatic carbocycles. The van der Waals surface area contributed by atoms with Crippen LogP contribution in [0.2, 0.25) is 5.02 Å². The molecule has 0 saturated carbocycles. The van der Waals surface area contributed by atoms with Crippen LogP contribution in [0.3, 0.4) is 0 Å². The number of benzene rings is 1. The molecular formula is C17H16ClF3N4O4. The largest absolute Gasteiger partial charge is 0.478 e. The van der Waals surface area contributed by atoms with Gasteiger partial charge in [-0.05, 0) is 18.6 Å². The van der Waals surface area contributed by atoms with Crippen LogP contribution in [0, 0.1) is 10.1 Å². The fourth-order valence-corrected chi connectivity index (χ4v) is 2.42. The van der Waals surface area contributed by atoms with Crippen molar-refractivity contribution in [2.24, 2.45) is 0 Å². The number of nitro groups is 1. The first kappa shape index (κ1) is 22.2. The Morgan fingerprint density at radius 1 is 1.31 bits per heavy atom. The van der Waals surface area contributed by atoms with Crippen LogP contribution >= 0.6 is 11.6 Å². The lowest BCUT2D eigenvalue weighted by atomic mass is 10.2. The third kappa shape index (κ3) is 6.21. The maximum absolute atomic E-state index is 12.9. The minimum absolute atomic E-state index is 0.00319. The van der Waals surface area contributed by atoms with Gasteiger partial charge in [-0.3, -0.25) is 14.9 Å². The number of amides is 1. The molecule has 0 radical (unpaired) electrons. The third-order valence-electron chi connectivity index (χ3n) is 3.65. The number of nitrogens with one attached hydrogen (secondary N) is 2. The van der Waals surface area contributed by atoms with Gasteiger partial charge >= 0.3 is 6.18 Å². The van der Waals surface area contributed by atoms with Gasteiger partial charge in [0.2, 0.25) is 5.88 Å². The van der Waals surface area contributed by atoms with Crippen LogP contribution in [0.25, 0.3) is 0 Å². The number of non-ortho nitro benzene ring substituents is 1. The number of pyridine rings is 1. The lowest BCUT2D eigenvalue weighted by Gasteiger charge is -2.12. The molecule has 8 nitrogen and oxygen atoms in total. The number of nitrogens with zero attached hydrogens (tertiary/aromatic N) is 2. The van der Waals surface area contributed by atoms with Crippen LogP contribution in [-0.4, -0.2) is 36.0 Å². The number of hydrogen-bond acceptors (Lipinski definition) is 6. The first-order valence-electron chi connectivity index (χ1n) is 8.24. The number of hydrogen-bond donors (Lipinski definition) is 2. The standard InChI is InChI=1S/C17H16ClF3N4O4/c1-22-14-7-10(17(19,20)21)8-15(24-14)29-6-2-5-23-16(26)12-9-11(25(27)28)3-4-13(12)18/h3-4,7-9H,2,5-6H2,1H3,(H,22,24)(H,23,26). The Hall–Kier alpha value is -3.08. The number of halogens is 4. The molecule has 0 atom stereocenters. The van der Waals surface area contributed by atoms with E-state index in [4.69, 9.17) is 16.3 Å². The summed E-state index contributed by atoms with van der Waals surface area (Å²) in [6, 6.07) is 5.11. The van der Waals surface area contributed by atoms with E-state index in [2.05, 4.69) is 15.6 Å². The monoisotopic (exact) mass is 432 g/mol. The Kier molecular flexibility index (Phi) is 7.21. The molecule has 2 rings (SSSR count). The fraction of sp³-hybridized carbons (Fsp3) is 0.294. The Bertz CT molecular complexity index is 909. The van der Waals surface area contributed by atoms with E-state index in [-0.39, 0.29) is 47.5 Å². The zero-order valence-electron chi connectivity index (χ0n) is 15.0. The first-order chi connectivity index (χ1) is 13.6. The van der Waals surface area contributed by atoms with E-state index < -0.39 is 22.6 Å². The average Bonchev–Trinajstić information content (AvgIpc) is 2.66. The van der Waals surface area contributed by atoms with Gasteiger partial charge in [0, 0.05) is 31.8 Å². The summed E-state index contributed by atoms with van der Waals surface area (Å²) in [7, 11) is 1.43. The molecule has 1 heterocycles. The second-order valence-electron chi connectivity index (χ2n) is 5.71. The molecule has 0 unspecified atom stereocenters. The van der Waals surface area contributed by atoms with E-state index >= 15 is 0 Å². The lowest BCUT2D eigenvalue weighted by Crippen LogP contribution is -2.26. The SMILES string of the molecule is CNc1cc(C(F)(F)F)cc(OCCCNC(=O)c2cc([N+](=O)[O-])ccc2Cl)n1. The van der Waals surface area contributed by atoms with E-state index in [1.54, 1.807) is 0 Å². The third-order valence-corrected chi connectivity index (χ3v) is 3.98. The smallest absolute Gasteiger partial charge is 0.416 e. The quantitative estimate of drug-likeness (QED) is 0.372. The topological polar surface area (TPSA) is 106 Å².